The van der Waals surface area contributed by atoms with E-state index < -0.39 is 47.1 Å². The molecule has 0 spiro atoms. The molecule has 1 aromatic carbocycles. The van der Waals surface area contributed by atoms with Crippen molar-refractivity contribution in [3.63, 3.8) is 0 Å². The lowest BCUT2D eigenvalue weighted by molar-refractivity contribution is -0.708. The number of quaternary nitrogens is 1. The average molecular weight is 499 g/mol. The number of aromatic hydroxyl groups is 1. The SMILES string of the molecule is CCN1[NH2+]C(=O)C(NC(c2cccs2)C(F)(F)F)=C(Nc2cccc(C(=O)N(C)C)c2O)C1=O. The number of nitrogens with two attached hydrogens (primary N) is 1. The van der Waals surface area contributed by atoms with Crippen molar-refractivity contribution >= 4 is 34.7 Å². The van der Waals surface area contributed by atoms with Crippen molar-refractivity contribution in [2.45, 2.75) is 19.1 Å². The third-order valence-corrected chi connectivity index (χ3v) is 5.90. The van der Waals surface area contributed by atoms with Crippen molar-refractivity contribution in [1.29, 1.82) is 0 Å². The van der Waals surface area contributed by atoms with Crippen LogP contribution in [0.4, 0.5) is 18.9 Å². The van der Waals surface area contributed by atoms with E-state index in [1.807, 2.05) is 0 Å². The summed E-state index contributed by atoms with van der Waals surface area (Å²) >= 11 is 0.845. The van der Waals surface area contributed by atoms with Crippen LogP contribution in [0.3, 0.4) is 0 Å². The number of hydrogen-bond acceptors (Lipinski definition) is 7. The molecule has 2 aromatic rings. The number of nitrogens with zero attached hydrogens (tertiary/aromatic N) is 2. The Labute approximate surface area is 196 Å². The van der Waals surface area contributed by atoms with Crippen molar-refractivity contribution in [3.8, 4) is 5.75 Å². The number of halogens is 3. The summed E-state index contributed by atoms with van der Waals surface area (Å²) in [5.41, 5.74) is -0.381. The second-order valence-corrected chi connectivity index (χ2v) is 8.47. The number of anilines is 1. The number of para-hydroxylation sites is 1. The van der Waals surface area contributed by atoms with Gasteiger partial charge in [0.1, 0.15) is 5.70 Å². The first-order valence-corrected chi connectivity index (χ1v) is 10.9. The molecule has 2 heterocycles. The Bertz CT molecular complexity index is 1130. The lowest BCUT2D eigenvalue weighted by Crippen LogP contribution is -3.00. The molecule has 5 N–H and O–H groups in total. The molecule has 0 bridgehead atoms. The van der Waals surface area contributed by atoms with Crippen LogP contribution in [-0.4, -0.2) is 59.6 Å². The predicted molar refractivity (Wildman–Crippen MR) is 117 cm³/mol. The van der Waals surface area contributed by atoms with Gasteiger partial charge in [-0.1, -0.05) is 12.1 Å². The fourth-order valence-corrected chi connectivity index (χ4v) is 4.04. The maximum Gasteiger partial charge on any atom is 0.413 e. The maximum atomic E-state index is 13.8. The molecule has 34 heavy (non-hydrogen) atoms. The number of amides is 3. The summed E-state index contributed by atoms with van der Waals surface area (Å²) in [6.07, 6.45) is -4.77. The second-order valence-electron chi connectivity index (χ2n) is 7.50. The largest absolute Gasteiger partial charge is 0.505 e. The number of thiophene rings is 1. The van der Waals surface area contributed by atoms with Crippen LogP contribution in [0.15, 0.2) is 47.1 Å². The summed E-state index contributed by atoms with van der Waals surface area (Å²) in [7, 11) is 2.96. The van der Waals surface area contributed by atoms with Crippen molar-refractivity contribution < 1.29 is 38.1 Å². The van der Waals surface area contributed by atoms with E-state index in [9.17, 15) is 32.7 Å². The molecule has 1 unspecified atom stereocenters. The van der Waals surface area contributed by atoms with Gasteiger partial charge in [0.25, 0.3) is 5.91 Å². The third kappa shape index (κ3) is 4.99. The van der Waals surface area contributed by atoms with Gasteiger partial charge in [0.15, 0.2) is 17.5 Å². The lowest BCUT2D eigenvalue weighted by Gasteiger charge is -2.29. The Morgan fingerprint density at radius 3 is 2.47 bits per heavy atom. The Balaban J connectivity index is 2.10. The standard InChI is InChI=1S/C21H22F3N5O4S/c1-4-29-20(33)15(25-12-8-5-7-11(16(12)30)19(32)28(2)3)14(18(31)27-29)26-17(21(22,23)24)13-9-6-10-34-13/h5-10,17,25-26,30H,4H2,1-3H3,(H,27,31)/p+1. The van der Waals surface area contributed by atoms with Gasteiger partial charge in [0.2, 0.25) is 0 Å². The summed E-state index contributed by atoms with van der Waals surface area (Å²) in [4.78, 5) is 39.3. The van der Waals surface area contributed by atoms with Crippen LogP contribution in [0.1, 0.15) is 28.2 Å². The summed E-state index contributed by atoms with van der Waals surface area (Å²) < 4.78 is 41.5. The normalized spacial score (nSPS) is 15.4. The Kier molecular flexibility index (Phi) is 7.17. The van der Waals surface area contributed by atoms with Crippen LogP contribution in [0, 0.1) is 0 Å². The minimum atomic E-state index is -4.77. The Morgan fingerprint density at radius 2 is 1.91 bits per heavy atom. The molecule has 1 aliphatic heterocycles. The van der Waals surface area contributed by atoms with Gasteiger partial charge in [-0.05, 0) is 30.5 Å². The number of nitrogens with one attached hydrogen (secondary N) is 2. The van der Waals surface area contributed by atoms with Gasteiger partial charge in [-0.2, -0.15) is 23.6 Å². The number of benzene rings is 1. The van der Waals surface area contributed by atoms with E-state index in [2.05, 4.69) is 10.6 Å². The first kappa shape index (κ1) is 25.1. The maximum absolute atomic E-state index is 13.8. The molecule has 3 amide bonds. The molecule has 1 atom stereocenters. The molecule has 1 aromatic heterocycles. The first-order valence-electron chi connectivity index (χ1n) is 10.1. The molecule has 0 fully saturated rings. The Morgan fingerprint density at radius 1 is 1.21 bits per heavy atom. The number of rotatable bonds is 7. The summed E-state index contributed by atoms with van der Waals surface area (Å²) in [5, 5.41) is 17.9. The lowest BCUT2D eigenvalue weighted by atomic mass is 10.1. The van der Waals surface area contributed by atoms with Crippen molar-refractivity contribution in [3.05, 3.63) is 57.5 Å². The molecule has 3 rings (SSSR count). The van der Waals surface area contributed by atoms with Gasteiger partial charge in [-0.25, -0.2) is 4.79 Å². The molecule has 0 radical (unpaired) electrons. The predicted octanol–water partition coefficient (Wildman–Crippen LogP) is 1.54. The highest BCUT2D eigenvalue weighted by Gasteiger charge is 2.46. The average Bonchev–Trinajstić information content (AvgIpc) is 3.29. The van der Waals surface area contributed by atoms with Crippen molar-refractivity contribution in [2.75, 3.05) is 26.0 Å². The van der Waals surface area contributed by atoms with Crippen LogP contribution < -0.4 is 16.1 Å². The highest BCUT2D eigenvalue weighted by molar-refractivity contribution is 7.10. The van der Waals surface area contributed by atoms with Crippen LogP contribution in [0.5, 0.6) is 5.75 Å². The van der Waals surface area contributed by atoms with Gasteiger partial charge in [0, 0.05) is 19.0 Å². The first-order chi connectivity index (χ1) is 16.0. The highest BCUT2D eigenvalue weighted by atomic mass is 32.1. The molecule has 13 heteroatoms. The second kappa shape index (κ2) is 9.73. The van der Waals surface area contributed by atoms with Gasteiger partial charge in [0.05, 0.1) is 17.8 Å². The number of carbonyl (C=O) groups is 3. The smallest absolute Gasteiger partial charge is 0.413 e. The quantitative estimate of drug-likeness (QED) is 0.261. The van der Waals surface area contributed by atoms with E-state index in [1.165, 1.54) is 54.7 Å². The van der Waals surface area contributed by atoms with Crippen molar-refractivity contribution in [2.24, 2.45) is 0 Å². The minimum absolute atomic E-state index is 0.0851. The van der Waals surface area contributed by atoms with Gasteiger partial charge in [-0.3, -0.25) is 9.59 Å². The van der Waals surface area contributed by atoms with E-state index in [0.29, 0.717) is 0 Å². The number of primary amides is 1. The van der Waals surface area contributed by atoms with Gasteiger partial charge < -0.3 is 20.6 Å². The zero-order valence-electron chi connectivity index (χ0n) is 18.4. The zero-order chi connectivity index (χ0) is 25.2. The van der Waals surface area contributed by atoms with Crippen LogP contribution in [-0.2, 0) is 9.59 Å². The minimum Gasteiger partial charge on any atom is -0.505 e. The molecule has 0 saturated heterocycles. The van der Waals surface area contributed by atoms with Gasteiger partial charge >= 0.3 is 18.0 Å². The molecule has 0 saturated carbocycles. The fraction of sp³-hybridized carbons (Fsp3) is 0.286. The molecular weight excluding hydrogens is 475 g/mol. The van der Waals surface area contributed by atoms with E-state index in [-0.39, 0.29) is 22.7 Å². The third-order valence-electron chi connectivity index (χ3n) is 4.96. The summed E-state index contributed by atoms with van der Waals surface area (Å²) in [5.74, 6) is -2.68. The van der Waals surface area contributed by atoms with Crippen molar-refractivity contribution in [1.82, 2.24) is 15.2 Å². The molecule has 182 valence electrons. The number of hydrogen-bond donors (Lipinski definition) is 4. The summed E-state index contributed by atoms with van der Waals surface area (Å²) in [6.45, 7) is 1.68. The number of carbonyl (C=O) groups excluding carboxylic acids is 3. The highest BCUT2D eigenvalue weighted by Crippen LogP contribution is 2.36. The number of phenols is 1. The number of alkyl halides is 3. The van der Waals surface area contributed by atoms with Crippen LogP contribution >= 0.6 is 11.3 Å². The molecule has 1 aliphatic rings. The number of phenolic OH excluding ortho intramolecular Hbond substituents is 1. The Hall–Kier alpha value is -3.58. The fourth-order valence-electron chi connectivity index (χ4n) is 3.24. The number of likely N-dealkylation sites (N-methyl/N-ethyl adjacent to an activating group) is 1. The van der Waals surface area contributed by atoms with E-state index >= 15 is 0 Å². The van der Waals surface area contributed by atoms with E-state index in [1.54, 1.807) is 6.92 Å². The molecule has 0 aliphatic carbocycles. The van der Waals surface area contributed by atoms with Gasteiger partial charge in [-0.15, -0.1) is 11.3 Å². The van der Waals surface area contributed by atoms with E-state index in [4.69, 9.17) is 0 Å². The van der Waals surface area contributed by atoms with Crippen LogP contribution in [0.25, 0.3) is 0 Å². The molecular formula is C21H23F3N5O4S+. The summed E-state index contributed by atoms with van der Waals surface area (Å²) in [6, 6.07) is 4.58. The topological polar surface area (TPSA) is 119 Å². The van der Waals surface area contributed by atoms with Crippen LogP contribution in [0.2, 0.25) is 0 Å². The molecule has 9 nitrogen and oxygen atoms in total. The van der Waals surface area contributed by atoms with E-state index in [0.717, 1.165) is 21.8 Å². The zero-order valence-corrected chi connectivity index (χ0v) is 19.3. The monoisotopic (exact) mass is 498 g/mol.